The number of hydrogen-bond donors (Lipinski definition) is 3. The number of carbonyl (C=O) groups is 1. The van der Waals surface area contributed by atoms with Crippen LogP contribution < -0.4 is 0 Å². The second kappa shape index (κ2) is 9.94. The molecule has 3 fully saturated rings. The summed E-state index contributed by atoms with van der Waals surface area (Å²) in [7, 11) is 0. The zero-order chi connectivity index (χ0) is 20.1. The van der Waals surface area contributed by atoms with Gasteiger partial charge in [0.1, 0.15) is 6.10 Å². The Kier molecular flexibility index (Phi) is 7.60. The highest BCUT2D eigenvalue weighted by molar-refractivity contribution is 5.66. The van der Waals surface area contributed by atoms with Gasteiger partial charge < -0.3 is 15.3 Å². The topological polar surface area (TPSA) is 77.8 Å². The van der Waals surface area contributed by atoms with E-state index >= 15 is 0 Å². The molecule has 0 spiro atoms. The van der Waals surface area contributed by atoms with E-state index in [0.717, 1.165) is 38.5 Å². The average Bonchev–Trinajstić information content (AvgIpc) is 2.69. The number of carboxylic acids is 1. The van der Waals surface area contributed by atoms with Crippen LogP contribution in [0.15, 0.2) is 11.6 Å². The molecule has 28 heavy (non-hydrogen) atoms. The number of carboxylic acid groups (broad SMARTS) is 1. The van der Waals surface area contributed by atoms with Gasteiger partial charge in [0.05, 0.1) is 12.0 Å². The van der Waals surface area contributed by atoms with Gasteiger partial charge in [0.15, 0.2) is 0 Å². The number of aliphatic carboxylic acids is 1. The van der Waals surface area contributed by atoms with Crippen LogP contribution in [-0.4, -0.2) is 33.5 Å². The van der Waals surface area contributed by atoms with E-state index in [2.05, 4.69) is 24.8 Å². The summed E-state index contributed by atoms with van der Waals surface area (Å²) in [4.78, 5) is 10.8. The fourth-order valence-corrected chi connectivity index (χ4v) is 5.80. The molecule has 3 N–H and O–H groups in total. The lowest BCUT2D eigenvalue weighted by Gasteiger charge is -2.55. The van der Waals surface area contributed by atoms with Crippen LogP contribution in [0.5, 0.6) is 0 Å². The summed E-state index contributed by atoms with van der Waals surface area (Å²) in [6.45, 7) is 2.18. The summed E-state index contributed by atoms with van der Waals surface area (Å²) >= 11 is 0. The van der Waals surface area contributed by atoms with Gasteiger partial charge in [0, 0.05) is 6.42 Å². The third kappa shape index (κ3) is 4.81. The minimum atomic E-state index is -0.751. The van der Waals surface area contributed by atoms with E-state index in [4.69, 9.17) is 5.11 Å². The predicted molar refractivity (Wildman–Crippen MR) is 109 cm³/mol. The summed E-state index contributed by atoms with van der Waals surface area (Å²) in [6.07, 6.45) is 11.5. The van der Waals surface area contributed by atoms with Crippen LogP contribution in [0.3, 0.4) is 0 Å². The second-order valence-electron chi connectivity index (χ2n) is 9.02. The number of aliphatic hydroxyl groups excluding tert-OH is 2. The Morgan fingerprint density at radius 1 is 1.21 bits per heavy atom. The van der Waals surface area contributed by atoms with Crippen molar-refractivity contribution in [2.24, 2.45) is 29.6 Å². The monoisotopic (exact) mass is 388 g/mol. The highest BCUT2D eigenvalue weighted by Gasteiger charge is 2.52. The lowest BCUT2D eigenvalue weighted by Crippen LogP contribution is -2.51. The van der Waals surface area contributed by atoms with Gasteiger partial charge in [0.2, 0.25) is 0 Å². The van der Waals surface area contributed by atoms with Crippen LogP contribution in [-0.2, 0) is 4.79 Å². The van der Waals surface area contributed by atoms with Gasteiger partial charge >= 0.3 is 5.97 Å². The fraction of sp³-hybridized carbons (Fsp3) is 0.792. The molecule has 0 aromatic rings. The Labute approximate surface area is 169 Å². The Balaban J connectivity index is 1.71. The lowest BCUT2D eigenvalue weighted by atomic mass is 9.50. The molecule has 0 bridgehead atoms. The number of fused-ring (bicyclic) bond motifs is 1. The zero-order valence-electron chi connectivity index (χ0n) is 17.1. The quantitative estimate of drug-likeness (QED) is 0.472. The van der Waals surface area contributed by atoms with Gasteiger partial charge in [0.25, 0.3) is 0 Å². The molecule has 0 radical (unpaired) electrons. The van der Waals surface area contributed by atoms with Crippen LogP contribution in [0.4, 0.5) is 0 Å². The van der Waals surface area contributed by atoms with Crippen molar-refractivity contribution in [2.75, 3.05) is 0 Å². The molecule has 0 heterocycles. The fourth-order valence-electron chi connectivity index (χ4n) is 5.80. The van der Waals surface area contributed by atoms with Crippen molar-refractivity contribution in [1.82, 2.24) is 0 Å². The molecule has 4 heteroatoms. The Morgan fingerprint density at radius 2 is 1.96 bits per heavy atom. The molecule has 0 amide bonds. The van der Waals surface area contributed by atoms with Crippen LogP contribution in [0.25, 0.3) is 0 Å². The number of allylic oxidation sites excluding steroid dienone is 2. The molecule has 0 aromatic heterocycles. The molecule has 3 aliphatic carbocycles. The van der Waals surface area contributed by atoms with Gasteiger partial charge in [-0.15, -0.1) is 0 Å². The predicted octanol–water partition coefficient (Wildman–Crippen LogP) is 4.16. The first kappa shape index (κ1) is 21.4. The van der Waals surface area contributed by atoms with Crippen LogP contribution >= 0.6 is 0 Å². The van der Waals surface area contributed by atoms with Crippen molar-refractivity contribution >= 4 is 5.97 Å². The molecule has 3 saturated carbocycles. The summed E-state index contributed by atoms with van der Waals surface area (Å²) in [5.74, 6) is 7.10. The maximum absolute atomic E-state index is 10.8. The molecule has 156 valence electrons. The van der Waals surface area contributed by atoms with E-state index in [1.54, 1.807) is 0 Å². The summed E-state index contributed by atoms with van der Waals surface area (Å²) in [5.41, 5.74) is 1.40. The molecular weight excluding hydrogens is 352 g/mol. The van der Waals surface area contributed by atoms with E-state index in [1.807, 2.05) is 0 Å². The van der Waals surface area contributed by atoms with E-state index < -0.39 is 18.2 Å². The number of aliphatic hydroxyl groups is 2. The minimum Gasteiger partial charge on any atom is -0.481 e. The molecule has 4 nitrogen and oxygen atoms in total. The van der Waals surface area contributed by atoms with Gasteiger partial charge in [-0.05, 0) is 62.2 Å². The van der Waals surface area contributed by atoms with Crippen molar-refractivity contribution in [3.63, 3.8) is 0 Å². The minimum absolute atomic E-state index is 0.0647. The van der Waals surface area contributed by atoms with Crippen molar-refractivity contribution < 1.29 is 20.1 Å². The summed E-state index contributed by atoms with van der Waals surface area (Å²) < 4.78 is 0. The third-order valence-electron chi connectivity index (χ3n) is 7.22. The second-order valence-corrected chi connectivity index (χ2v) is 9.02. The average molecular weight is 389 g/mol. The first-order valence-corrected chi connectivity index (χ1v) is 11.3. The largest absolute Gasteiger partial charge is 0.481 e. The van der Waals surface area contributed by atoms with Crippen molar-refractivity contribution in [1.29, 1.82) is 0 Å². The Hall–Kier alpha value is -1.31. The first-order chi connectivity index (χ1) is 13.5. The molecule has 3 aliphatic rings. The SMILES string of the molecule is CCCC1/C(=C/CCC(=O)O)[C@@H]2CC[C@H](O)[C@@H](C#CC(O)C3CCCCC3)[C@H]12. The van der Waals surface area contributed by atoms with Crippen LogP contribution in [0.1, 0.15) is 77.6 Å². The van der Waals surface area contributed by atoms with Gasteiger partial charge in [-0.2, -0.15) is 0 Å². The molecule has 0 aliphatic heterocycles. The normalized spacial score (nSPS) is 35.4. The van der Waals surface area contributed by atoms with Crippen molar-refractivity contribution in [2.45, 2.75) is 89.8 Å². The first-order valence-electron chi connectivity index (χ1n) is 11.3. The van der Waals surface area contributed by atoms with E-state index in [1.165, 1.54) is 24.8 Å². The molecule has 3 rings (SSSR count). The standard InChI is InChI=1S/C24H36O4/c1-2-7-18-17(10-6-11-23(27)28)19-12-15-22(26)20(24(18)19)13-14-21(25)16-8-4-3-5-9-16/h10,16,18-22,24-26H,2-9,11-12,15H2,1H3,(H,27,28)/b17-10-/t18?,19-,20+,21?,22-,24+/m0/s1. The molecular formula is C24H36O4. The Morgan fingerprint density at radius 3 is 2.64 bits per heavy atom. The summed E-state index contributed by atoms with van der Waals surface area (Å²) in [6, 6.07) is 0. The molecule has 0 saturated heterocycles. The third-order valence-corrected chi connectivity index (χ3v) is 7.22. The lowest BCUT2D eigenvalue weighted by molar-refractivity contribution is -0.136. The van der Waals surface area contributed by atoms with Crippen LogP contribution in [0.2, 0.25) is 0 Å². The van der Waals surface area contributed by atoms with Crippen molar-refractivity contribution in [3.8, 4) is 11.8 Å². The number of rotatable bonds is 6. The maximum Gasteiger partial charge on any atom is 0.303 e. The smallest absolute Gasteiger partial charge is 0.303 e. The van der Waals surface area contributed by atoms with Gasteiger partial charge in [-0.25, -0.2) is 0 Å². The Bertz CT molecular complexity index is 622. The maximum atomic E-state index is 10.8. The molecule has 6 atom stereocenters. The van der Waals surface area contributed by atoms with Gasteiger partial charge in [-0.1, -0.05) is 56.1 Å². The van der Waals surface area contributed by atoms with E-state index in [-0.39, 0.29) is 18.3 Å². The zero-order valence-corrected chi connectivity index (χ0v) is 17.1. The van der Waals surface area contributed by atoms with Crippen LogP contribution in [0, 0.1) is 41.4 Å². The molecule has 0 aromatic carbocycles. The summed E-state index contributed by atoms with van der Waals surface area (Å²) in [5, 5.41) is 30.1. The molecule has 2 unspecified atom stereocenters. The van der Waals surface area contributed by atoms with E-state index in [0.29, 0.717) is 24.2 Å². The van der Waals surface area contributed by atoms with Crippen molar-refractivity contribution in [3.05, 3.63) is 11.6 Å². The highest BCUT2D eigenvalue weighted by atomic mass is 16.4. The number of hydrogen-bond acceptors (Lipinski definition) is 3. The highest BCUT2D eigenvalue weighted by Crippen LogP contribution is 2.57. The van der Waals surface area contributed by atoms with Gasteiger partial charge in [-0.3, -0.25) is 4.79 Å². The van der Waals surface area contributed by atoms with E-state index in [9.17, 15) is 15.0 Å².